The lowest BCUT2D eigenvalue weighted by Gasteiger charge is -2.36. The van der Waals surface area contributed by atoms with Crippen LogP contribution in [-0.4, -0.2) is 55.5 Å². The first-order valence-corrected chi connectivity index (χ1v) is 12.0. The van der Waals surface area contributed by atoms with Crippen molar-refractivity contribution in [3.63, 3.8) is 0 Å². The van der Waals surface area contributed by atoms with Crippen molar-refractivity contribution in [2.75, 3.05) is 39.8 Å². The maximum Gasteiger partial charge on any atom is 0.257 e. The Hall–Kier alpha value is -2.86. The van der Waals surface area contributed by atoms with E-state index in [1.54, 1.807) is 7.11 Å². The van der Waals surface area contributed by atoms with Crippen LogP contribution >= 0.6 is 11.6 Å². The fourth-order valence-corrected chi connectivity index (χ4v) is 4.42. The highest BCUT2D eigenvalue weighted by molar-refractivity contribution is 6.30. The van der Waals surface area contributed by atoms with Gasteiger partial charge in [0.25, 0.3) is 5.91 Å². The van der Waals surface area contributed by atoms with Crippen molar-refractivity contribution < 1.29 is 14.3 Å². The molecule has 3 aromatic rings. The Balaban J connectivity index is 1.39. The largest absolute Gasteiger partial charge is 0.496 e. The van der Waals surface area contributed by atoms with Gasteiger partial charge in [0.15, 0.2) is 0 Å². The van der Waals surface area contributed by atoms with E-state index in [1.165, 1.54) is 5.56 Å². The molecule has 0 aliphatic carbocycles. The number of methoxy groups -OCH3 is 1. The number of piperazine rings is 1. The predicted octanol–water partition coefficient (Wildman–Crippen LogP) is 5.37. The standard InChI is InChI=1S/C28H31ClN2O3/c1-21-6-5-7-22(18-21)20-34-27(23-10-12-24(29)13-11-23)19-30-14-16-31(17-15-30)28(32)25-8-3-4-9-26(25)33-2/h3-13,18,27H,14-17,19-20H2,1-2H3/t27-/m1/s1. The van der Waals surface area contributed by atoms with Crippen LogP contribution in [-0.2, 0) is 11.3 Å². The first-order chi connectivity index (χ1) is 16.5. The topological polar surface area (TPSA) is 42.0 Å². The Morgan fingerprint density at radius 1 is 0.971 bits per heavy atom. The number of aryl methyl sites for hydroxylation is 1. The van der Waals surface area contributed by atoms with Crippen LogP contribution in [0.3, 0.4) is 0 Å². The molecule has 0 N–H and O–H groups in total. The number of rotatable bonds is 8. The zero-order chi connectivity index (χ0) is 23.9. The second kappa shape index (κ2) is 11.5. The van der Waals surface area contributed by atoms with Crippen LogP contribution in [0, 0.1) is 6.92 Å². The van der Waals surface area contributed by atoms with Crippen LogP contribution in [0.1, 0.15) is 33.2 Å². The van der Waals surface area contributed by atoms with Gasteiger partial charge in [0.05, 0.1) is 25.4 Å². The molecule has 1 aliphatic heterocycles. The number of ether oxygens (including phenoxy) is 2. The Kier molecular flexibility index (Phi) is 8.22. The molecule has 1 heterocycles. The van der Waals surface area contributed by atoms with E-state index in [4.69, 9.17) is 21.1 Å². The first kappa shape index (κ1) is 24.3. The molecule has 0 spiro atoms. The van der Waals surface area contributed by atoms with E-state index in [-0.39, 0.29) is 12.0 Å². The molecule has 0 saturated carbocycles. The van der Waals surface area contributed by atoms with E-state index in [0.29, 0.717) is 36.0 Å². The van der Waals surface area contributed by atoms with Crippen molar-refractivity contribution in [3.8, 4) is 5.75 Å². The summed E-state index contributed by atoms with van der Waals surface area (Å²) in [4.78, 5) is 17.3. The van der Waals surface area contributed by atoms with Gasteiger partial charge >= 0.3 is 0 Å². The minimum Gasteiger partial charge on any atom is -0.496 e. The van der Waals surface area contributed by atoms with Crippen molar-refractivity contribution in [1.29, 1.82) is 0 Å². The van der Waals surface area contributed by atoms with Crippen LogP contribution in [0.25, 0.3) is 0 Å². The second-order valence-corrected chi connectivity index (χ2v) is 9.07. The number of benzene rings is 3. The monoisotopic (exact) mass is 478 g/mol. The summed E-state index contributed by atoms with van der Waals surface area (Å²) in [7, 11) is 1.59. The molecule has 3 aromatic carbocycles. The van der Waals surface area contributed by atoms with Crippen LogP contribution in [0.2, 0.25) is 5.02 Å². The van der Waals surface area contributed by atoms with Gasteiger partial charge in [-0.3, -0.25) is 9.69 Å². The summed E-state index contributed by atoms with van der Waals surface area (Å²) in [5.41, 5.74) is 4.09. The summed E-state index contributed by atoms with van der Waals surface area (Å²) in [5.74, 6) is 0.629. The average molecular weight is 479 g/mol. The summed E-state index contributed by atoms with van der Waals surface area (Å²) >= 11 is 6.12. The lowest BCUT2D eigenvalue weighted by molar-refractivity contribution is 0.00338. The zero-order valence-electron chi connectivity index (χ0n) is 19.7. The predicted molar refractivity (Wildman–Crippen MR) is 135 cm³/mol. The highest BCUT2D eigenvalue weighted by atomic mass is 35.5. The molecule has 0 aromatic heterocycles. The zero-order valence-corrected chi connectivity index (χ0v) is 20.5. The third kappa shape index (κ3) is 6.17. The highest BCUT2D eigenvalue weighted by Gasteiger charge is 2.26. The van der Waals surface area contributed by atoms with Crippen molar-refractivity contribution in [2.45, 2.75) is 19.6 Å². The summed E-state index contributed by atoms with van der Waals surface area (Å²) in [6.45, 7) is 6.30. The maximum absolute atomic E-state index is 13.0. The molecule has 5 nitrogen and oxygen atoms in total. The number of para-hydroxylation sites is 1. The fraction of sp³-hybridized carbons (Fsp3) is 0.321. The minimum absolute atomic E-state index is 0.0158. The first-order valence-electron chi connectivity index (χ1n) is 11.6. The number of carbonyl (C=O) groups excluding carboxylic acids is 1. The molecular formula is C28H31ClN2O3. The average Bonchev–Trinajstić information content (AvgIpc) is 2.87. The summed E-state index contributed by atoms with van der Waals surface area (Å²) in [6, 6.07) is 23.7. The van der Waals surface area contributed by atoms with Crippen LogP contribution in [0.5, 0.6) is 5.75 Å². The Morgan fingerprint density at radius 3 is 2.41 bits per heavy atom. The quantitative estimate of drug-likeness (QED) is 0.436. The van der Waals surface area contributed by atoms with Crippen molar-refractivity contribution in [1.82, 2.24) is 9.80 Å². The molecule has 0 radical (unpaired) electrons. The molecule has 1 atom stereocenters. The SMILES string of the molecule is COc1ccccc1C(=O)N1CCN(C[C@@H](OCc2cccc(C)c2)c2ccc(Cl)cc2)CC1. The van der Waals surface area contributed by atoms with E-state index >= 15 is 0 Å². The van der Waals surface area contributed by atoms with E-state index in [1.807, 2.05) is 53.4 Å². The number of hydrogen-bond donors (Lipinski definition) is 0. The molecule has 0 bridgehead atoms. The van der Waals surface area contributed by atoms with Crippen LogP contribution in [0.4, 0.5) is 0 Å². The Morgan fingerprint density at radius 2 is 1.71 bits per heavy atom. The van der Waals surface area contributed by atoms with Gasteiger partial charge in [-0.05, 0) is 42.3 Å². The van der Waals surface area contributed by atoms with Crippen molar-refractivity contribution >= 4 is 17.5 Å². The maximum atomic E-state index is 13.0. The summed E-state index contributed by atoms with van der Waals surface area (Å²) in [6.07, 6.45) is -0.0887. The number of hydrogen-bond acceptors (Lipinski definition) is 4. The molecule has 4 rings (SSSR count). The lowest BCUT2D eigenvalue weighted by Crippen LogP contribution is -2.49. The molecule has 1 fully saturated rings. The van der Waals surface area contributed by atoms with E-state index in [9.17, 15) is 4.79 Å². The van der Waals surface area contributed by atoms with E-state index < -0.39 is 0 Å². The minimum atomic E-state index is -0.0887. The van der Waals surface area contributed by atoms with Gasteiger partial charge in [-0.15, -0.1) is 0 Å². The third-order valence-corrected chi connectivity index (χ3v) is 6.45. The van der Waals surface area contributed by atoms with Gasteiger partial charge in [0, 0.05) is 37.7 Å². The summed E-state index contributed by atoms with van der Waals surface area (Å²) < 4.78 is 11.8. The van der Waals surface area contributed by atoms with E-state index in [0.717, 1.165) is 30.8 Å². The number of carbonyl (C=O) groups is 1. The Labute approximate surface area is 206 Å². The summed E-state index contributed by atoms with van der Waals surface area (Å²) in [5, 5.41) is 0.713. The van der Waals surface area contributed by atoms with Crippen molar-refractivity contribution in [2.24, 2.45) is 0 Å². The molecule has 1 saturated heterocycles. The van der Waals surface area contributed by atoms with Gasteiger partial charge < -0.3 is 14.4 Å². The van der Waals surface area contributed by atoms with E-state index in [2.05, 4.69) is 36.1 Å². The molecule has 1 amide bonds. The molecule has 1 aliphatic rings. The molecule has 6 heteroatoms. The van der Waals surface area contributed by atoms with Gasteiger partial charge in [0.1, 0.15) is 5.75 Å². The van der Waals surface area contributed by atoms with Gasteiger partial charge in [-0.2, -0.15) is 0 Å². The van der Waals surface area contributed by atoms with Crippen LogP contribution in [0.15, 0.2) is 72.8 Å². The van der Waals surface area contributed by atoms with Gasteiger partial charge in [0.2, 0.25) is 0 Å². The van der Waals surface area contributed by atoms with Gasteiger partial charge in [-0.25, -0.2) is 0 Å². The molecule has 0 unspecified atom stereocenters. The second-order valence-electron chi connectivity index (χ2n) is 8.63. The highest BCUT2D eigenvalue weighted by Crippen LogP contribution is 2.25. The molecule has 34 heavy (non-hydrogen) atoms. The number of halogens is 1. The fourth-order valence-electron chi connectivity index (χ4n) is 4.29. The third-order valence-electron chi connectivity index (χ3n) is 6.20. The smallest absolute Gasteiger partial charge is 0.257 e. The lowest BCUT2D eigenvalue weighted by atomic mass is 10.1. The number of nitrogens with zero attached hydrogens (tertiary/aromatic N) is 2. The molecular weight excluding hydrogens is 448 g/mol. The Bertz CT molecular complexity index is 1090. The normalized spacial score (nSPS) is 15.2. The molecule has 178 valence electrons. The number of amides is 1. The van der Waals surface area contributed by atoms with Crippen LogP contribution < -0.4 is 4.74 Å². The van der Waals surface area contributed by atoms with Gasteiger partial charge in [-0.1, -0.05) is 65.7 Å². The van der Waals surface area contributed by atoms with Crippen molar-refractivity contribution in [3.05, 3.63) is 100 Å².